The number of amides is 2. The van der Waals surface area contributed by atoms with Gasteiger partial charge in [0, 0.05) is 6.54 Å². The SMILES string of the molecule is Cc1nc(CC(C)C)c(NC(=O)NCCc2ccccc2)s1. The van der Waals surface area contributed by atoms with Crippen LogP contribution >= 0.6 is 11.3 Å². The Bertz CT molecular complexity index is 608. The van der Waals surface area contributed by atoms with Gasteiger partial charge < -0.3 is 5.32 Å². The summed E-state index contributed by atoms with van der Waals surface area (Å²) in [5, 5.41) is 7.67. The van der Waals surface area contributed by atoms with Crippen molar-refractivity contribution in [3.05, 3.63) is 46.6 Å². The molecule has 2 rings (SSSR count). The second-order valence-corrected chi connectivity index (χ2v) is 6.93. The average Bonchev–Trinajstić information content (AvgIpc) is 2.78. The van der Waals surface area contributed by atoms with E-state index in [0.717, 1.165) is 28.5 Å². The minimum absolute atomic E-state index is 0.162. The second kappa shape index (κ2) is 7.94. The lowest BCUT2D eigenvalue weighted by Gasteiger charge is -2.08. The molecule has 1 aromatic heterocycles. The minimum atomic E-state index is -0.162. The molecule has 2 aromatic rings. The largest absolute Gasteiger partial charge is 0.338 e. The molecule has 2 amide bonds. The Labute approximate surface area is 136 Å². The summed E-state index contributed by atoms with van der Waals surface area (Å²) in [4.78, 5) is 16.5. The van der Waals surface area contributed by atoms with Crippen molar-refractivity contribution in [3.8, 4) is 0 Å². The third-order valence-electron chi connectivity index (χ3n) is 3.17. The van der Waals surface area contributed by atoms with Crippen molar-refractivity contribution in [2.75, 3.05) is 11.9 Å². The third-order valence-corrected chi connectivity index (χ3v) is 4.10. The van der Waals surface area contributed by atoms with Crippen LogP contribution in [0.3, 0.4) is 0 Å². The Morgan fingerprint density at radius 3 is 2.68 bits per heavy atom. The first-order chi connectivity index (χ1) is 10.5. The molecular formula is C17H23N3OS. The zero-order chi connectivity index (χ0) is 15.9. The first-order valence-corrected chi connectivity index (χ1v) is 8.41. The lowest BCUT2D eigenvalue weighted by atomic mass is 10.1. The van der Waals surface area contributed by atoms with Gasteiger partial charge in [-0.1, -0.05) is 44.2 Å². The van der Waals surface area contributed by atoms with Gasteiger partial charge in [0.15, 0.2) is 0 Å². The van der Waals surface area contributed by atoms with E-state index in [4.69, 9.17) is 0 Å². The van der Waals surface area contributed by atoms with Crippen molar-refractivity contribution >= 4 is 22.4 Å². The van der Waals surface area contributed by atoms with Crippen LogP contribution in [0.5, 0.6) is 0 Å². The summed E-state index contributed by atoms with van der Waals surface area (Å²) in [6, 6.07) is 9.97. The van der Waals surface area contributed by atoms with Crippen LogP contribution in [0.2, 0.25) is 0 Å². The lowest BCUT2D eigenvalue weighted by Crippen LogP contribution is -2.30. The molecule has 1 aromatic carbocycles. The molecule has 0 saturated carbocycles. The number of urea groups is 1. The highest BCUT2D eigenvalue weighted by Crippen LogP contribution is 2.26. The van der Waals surface area contributed by atoms with E-state index in [0.29, 0.717) is 12.5 Å². The average molecular weight is 317 g/mol. The van der Waals surface area contributed by atoms with E-state index in [-0.39, 0.29) is 6.03 Å². The Kier molecular flexibility index (Phi) is 5.95. The number of anilines is 1. The maximum absolute atomic E-state index is 12.0. The smallest absolute Gasteiger partial charge is 0.319 e. The number of hydrogen-bond acceptors (Lipinski definition) is 3. The van der Waals surface area contributed by atoms with Crippen LogP contribution in [0.4, 0.5) is 9.80 Å². The van der Waals surface area contributed by atoms with Crippen molar-refractivity contribution < 1.29 is 4.79 Å². The zero-order valence-corrected chi connectivity index (χ0v) is 14.2. The van der Waals surface area contributed by atoms with Crippen LogP contribution in [-0.2, 0) is 12.8 Å². The quantitative estimate of drug-likeness (QED) is 0.845. The standard InChI is InChI=1S/C17H23N3OS/c1-12(2)11-15-16(22-13(3)19-15)20-17(21)18-10-9-14-7-5-4-6-8-14/h4-8,12H,9-11H2,1-3H3,(H2,18,20,21). The molecule has 0 bridgehead atoms. The van der Waals surface area contributed by atoms with E-state index < -0.39 is 0 Å². The number of rotatable bonds is 6. The summed E-state index contributed by atoms with van der Waals surface area (Å²) in [6.07, 6.45) is 1.71. The van der Waals surface area contributed by atoms with E-state index in [9.17, 15) is 4.79 Å². The number of benzene rings is 1. The molecule has 0 unspecified atom stereocenters. The molecule has 0 aliphatic rings. The molecule has 0 saturated heterocycles. The number of nitrogens with zero attached hydrogens (tertiary/aromatic N) is 1. The van der Waals surface area contributed by atoms with Crippen LogP contribution in [0.15, 0.2) is 30.3 Å². The van der Waals surface area contributed by atoms with Crippen LogP contribution < -0.4 is 10.6 Å². The van der Waals surface area contributed by atoms with Gasteiger partial charge in [0.25, 0.3) is 0 Å². The van der Waals surface area contributed by atoms with E-state index in [2.05, 4.69) is 41.6 Å². The van der Waals surface area contributed by atoms with Gasteiger partial charge in [-0.2, -0.15) is 0 Å². The molecule has 0 fully saturated rings. The van der Waals surface area contributed by atoms with Crippen LogP contribution in [-0.4, -0.2) is 17.6 Å². The van der Waals surface area contributed by atoms with Gasteiger partial charge in [-0.25, -0.2) is 9.78 Å². The molecule has 0 radical (unpaired) electrons. The van der Waals surface area contributed by atoms with Crippen molar-refractivity contribution in [1.29, 1.82) is 0 Å². The number of aromatic nitrogens is 1. The van der Waals surface area contributed by atoms with Crippen molar-refractivity contribution in [1.82, 2.24) is 10.3 Å². The number of aryl methyl sites for hydroxylation is 1. The molecule has 0 aliphatic heterocycles. The number of carbonyl (C=O) groups excluding carboxylic acids is 1. The highest BCUT2D eigenvalue weighted by molar-refractivity contribution is 7.16. The van der Waals surface area contributed by atoms with Gasteiger partial charge in [0.2, 0.25) is 0 Å². The second-order valence-electron chi connectivity index (χ2n) is 5.72. The molecule has 0 spiro atoms. The number of carbonyl (C=O) groups is 1. The highest BCUT2D eigenvalue weighted by Gasteiger charge is 2.13. The molecule has 0 atom stereocenters. The molecular weight excluding hydrogens is 294 g/mol. The highest BCUT2D eigenvalue weighted by atomic mass is 32.1. The minimum Gasteiger partial charge on any atom is -0.338 e. The molecule has 4 nitrogen and oxygen atoms in total. The van der Waals surface area contributed by atoms with Gasteiger partial charge in [0.05, 0.1) is 10.7 Å². The molecule has 22 heavy (non-hydrogen) atoms. The summed E-state index contributed by atoms with van der Waals surface area (Å²) in [5.74, 6) is 0.517. The molecule has 1 heterocycles. The fourth-order valence-electron chi connectivity index (χ4n) is 2.21. The molecule has 118 valence electrons. The van der Waals surface area contributed by atoms with E-state index in [1.165, 1.54) is 16.9 Å². The van der Waals surface area contributed by atoms with E-state index >= 15 is 0 Å². The van der Waals surface area contributed by atoms with Crippen molar-refractivity contribution in [3.63, 3.8) is 0 Å². The number of nitrogens with one attached hydrogen (secondary N) is 2. The number of hydrogen-bond donors (Lipinski definition) is 2. The third kappa shape index (κ3) is 5.15. The summed E-state index contributed by atoms with van der Waals surface area (Å²) >= 11 is 1.53. The first kappa shape index (κ1) is 16.5. The molecule has 0 aliphatic carbocycles. The predicted octanol–water partition coefficient (Wildman–Crippen LogP) is 4.01. The monoisotopic (exact) mass is 317 g/mol. The van der Waals surface area contributed by atoms with Crippen molar-refractivity contribution in [2.24, 2.45) is 5.92 Å². The topological polar surface area (TPSA) is 54.0 Å². The molecule has 5 heteroatoms. The summed E-state index contributed by atoms with van der Waals surface area (Å²) in [6.45, 7) is 6.89. The Balaban J connectivity index is 1.84. The fourth-order valence-corrected chi connectivity index (χ4v) is 3.05. The maximum atomic E-state index is 12.0. The summed E-state index contributed by atoms with van der Waals surface area (Å²) in [5.41, 5.74) is 2.20. The van der Waals surface area contributed by atoms with Gasteiger partial charge >= 0.3 is 6.03 Å². The Morgan fingerprint density at radius 2 is 2.00 bits per heavy atom. The Hall–Kier alpha value is -1.88. The van der Waals surface area contributed by atoms with E-state index in [1.54, 1.807) is 0 Å². The van der Waals surface area contributed by atoms with Gasteiger partial charge in [0.1, 0.15) is 5.00 Å². The van der Waals surface area contributed by atoms with Gasteiger partial charge in [-0.15, -0.1) is 11.3 Å². The normalized spacial score (nSPS) is 10.7. The van der Waals surface area contributed by atoms with Crippen LogP contribution in [0, 0.1) is 12.8 Å². The zero-order valence-electron chi connectivity index (χ0n) is 13.3. The maximum Gasteiger partial charge on any atom is 0.319 e. The van der Waals surface area contributed by atoms with Gasteiger partial charge in [-0.3, -0.25) is 5.32 Å². The number of thiazole rings is 1. The fraction of sp³-hybridized carbons (Fsp3) is 0.412. The first-order valence-electron chi connectivity index (χ1n) is 7.59. The Morgan fingerprint density at radius 1 is 1.27 bits per heavy atom. The van der Waals surface area contributed by atoms with Crippen LogP contribution in [0.25, 0.3) is 0 Å². The predicted molar refractivity (Wildman–Crippen MR) is 92.6 cm³/mol. The van der Waals surface area contributed by atoms with Crippen LogP contribution in [0.1, 0.15) is 30.1 Å². The molecule has 2 N–H and O–H groups in total. The van der Waals surface area contributed by atoms with E-state index in [1.807, 2.05) is 25.1 Å². The summed E-state index contributed by atoms with van der Waals surface area (Å²) in [7, 11) is 0. The summed E-state index contributed by atoms with van der Waals surface area (Å²) < 4.78 is 0. The lowest BCUT2D eigenvalue weighted by molar-refractivity contribution is 0.252. The van der Waals surface area contributed by atoms with Crippen molar-refractivity contribution in [2.45, 2.75) is 33.6 Å². The van der Waals surface area contributed by atoms with Gasteiger partial charge in [-0.05, 0) is 31.2 Å².